The summed E-state index contributed by atoms with van der Waals surface area (Å²) in [6, 6.07) is 0. The maximum Gasteiger partial charge on any atom is 0.190 e. The first-order valence-electron chi connectivity index (χ1n) is 10.3. The monoisotopic (exact) mass is 410 g/mol. The van der Waals surface area contributed by atoms with Crippen LogP contribution in [0, 0.1) is 28.6 Å². The summed E-state index contributed by atoms with van der Waals surface area (Å²) in [7, 11) is 0. The lowest BCUT2D eigenvalue weighted by Gasteiger charge is -2.62. The van der Waals surface area contributed by atoms with Gasteiger partial charge in [-0.25, -0.2) is 8.78 Å². The summed E-state index contributed by atoms with van der Waals surface area (Å²) in [6.45, 7) is 4.06. The molecule has 7 heteroatoms. The number of Topliss-reactive ketones (excluding diaryl/α,β-unsaturated/α-hetero) is 1. The molecule has 160 valence electrons. The lowest BCUT2D eigenvalue weighted by atomic mass is 9.44. The summed E-state index contributed by atoms with van der Waals surface area (Å²) in [5.41, 5.74) is -6.13. The maximum absolute atomic E-state index is 16.9. The third-order valence-electron chi connectivity index (χ3n) is 9.12. The number of carbonyl (C=O) groups excluding carboxylic acids is 2. The Kier molecular flexibility index (Phi) is 4.34. The van der Waals surface area contributed by atoms with Crippen LogP contribution in [0.2, 0.25) is 0 Å². The highest BCUT2D eigenvalue weighted by Crippen LogP contribution is 2.70. The second-order valence-corrected chi connectivity index (χ2v) is 9.80. The van der Waals surface area contributed by atoms with Crippen molar-refractivity contribution in [2.24, 2.45) is 28.6 Å². The highest BCUT2D eigenvalue weighted by Gasteiger charge is 2.73. The number of aliphatic hydroxyl groups excluding tert-OH is 2. The van der Waals surface area contributed by atoms with Crippen molar-refractivity contribution in [3.05, 3.63) is 23.6 Å². The van der Waals surface area contributed by atoms with Crippen molar-refractivity contribution in [3.8, 4) is 0 Å². The van der Waals surface area contributed by atoms with Crippen molar-refractivity contribution in [2.75, 3.05) is 6.61 Å². The highest BCUT2D eigenvalue weighted by atomic mass is 19.1. The Balaban J connectivity index is 1.87. The molecule has 0 amide bonds. The van der Waals surface area contributed by atoms with Gasteiger partial charge in [-0.05, 0) is 43.8 Å². The van der Waals surface area contributed by atoms with Gasteiger partial charge < -0.3 is 15.3 Å². The molecule has 4 aliphatic rings. The number of ketones is 2. The molecule has 0 bridgehead atoms. The molecule has 0 radical (unpaired) electrons. The van der Waals surface area contributed by atoms with Crippen LogP contribution in [0.1, 0.15) is 46.5 Å². The molecule has 3 N–H and O–H groups in total. The molecule has 0 saturated heterocycles. The fourth-order valence-electron chi connectivity index (χ4n) is 6.97. The predicted octanol–water partition coefficient (Wildman–Crippen LogP) is 2.19. The molecule has 0 aromatic heterocycles. The third-order valence-corrected chi connectivity index (χ3v) is 9.12. The van der Waals surface area contributed by atoms with E-state index in [0.29, 0.717) is 6.42 Å². The zero-order valence-corrected chi connectivity index (χ0v) is 16.9. The summed E-state index contributed by atoms with van der Waals surface area (Å²) < 4.78 is 32.1. The topological polar surface area (TPSA) is 94.8 Å². The molecule has 0 aromatic rings. The molecule has 4 aliphatic carbocycles. The van der Waals surface area contributed by atoms with Crippen LogP contribution in [-0.2, 0) is 9.59 Å². The van der Waals surface area contributed by atoms with Gasteiger partial charge in [0.1, 0.15) is 29.8 Å². The van der Waals surface area contributed by atoms with Crippen molar-refractivity contribution in [2.45, 2.75) is 63.8 Å². The van der Waals surface area contributed by atoms with Crippen molar-refractivity contribution >= 4 is 11.6 Å². The number of hydrogen-bond acceptors (Lipinski definition) is 5. The predicted molar refractivity (Wildman–Crippen MR) is 100.0 cm³/mol. The number of hydrogen-bond donors (Lipinski definition) is 3. The summed E-state index contributed by atoms with van der Waals surface area (Å²) in [5.74, 6) is -4.23. The number of alkyl halides is 1. The first kappa shape index (κ1) is 20.8. The number of halogens is 2. The van der Waals surface area contributed by atoms with E-state index in [1.165, 1.54) is 6.08 Å². The quantitative estimate of drug-likeness (QED) is 0.649. The second-order valence-electron chi connectivity index (χ2n) is 9.80. The molecule has 29 heavy (non-hydrogen) atoms. The van der Waals surface area contributed by atoms with E-state index in [1.807, 2.05) is 0 Å². The minimum absolute atomic E-state index is 0.0117. The smallest absolute Gasteiger partial charge is 0.190 e. The molecule has 4 rings (SSSR count). The van der Waals surface area contributed by atoms with Crippen LogP contribution in [0.4, 0.5) is 8.78 Å². The van der Waals surface area contributed by atoms with Gasteiger partial charge in [0, 0.05) is 28.2 Å². The number of aliphatic hydroxyl groups is 3. The fourth-order valence-corrected chi connectivity index (χ4v) is 6.97. The minimum Gasteiger partial charge on any atom is -0.388 e. The molecule has 5 nitrogen and oxygen atoms in total. The largest absolute Gasteiger partial charge is 0.388 e. The van der Waals surface area contributed by atoms with E-state index in [-0.39, 0.29) is 24.8 Å². The Morgan fingerprint density at radius 1 is 1.28 bits per heavy atom. The number of rotatable bonds is 2. The Morgan fingerprint density at radius 2 is 1.93 bits per heavy atom. The molecular formula is C22H28F2O5. The van der Waals surface area contributed by atoms with E-state index in [9.17, 15) is 24.9 Å². The van der Waals surface area contributed by atoms with Crippen LogP contribution in [0.3, 0.4) is 0 Å². The van der Waals surface area contributed by atoms with E-state index in [2.05, 4.69) is 0 Å². The van der Waals surface area contributed by atoms with Gasteiger partial charge in [-0.15, -0.1) is 0 Å². The zero-order valence-electron chi connectivity index (χ0n) is 16.9. The van der Waals surface area contributed by atoms with Crippen molar-refractivity contribution in [3.63, 3.8) is 0 Å². The van der Waals surface area contributed by atoms with Crippen molar-refractivity contribution < 1.29 is 33.7 Å². The van der Waals surface area contributed by atoms with Crippen LogP contribution < -0.4 is 0 Å². The van der Waals surface area contributed by atoms with Gasteiger partial charge >= 0.3 is 0 Å². The van der Waals surface area contributed by atoms with Crippen LogP contribution in [0.25, 0.3) is 0 Å². The average molecular weight is 410 g/mol. The van der Waals surface area contributed by atoms with Gasteiger partial charge in [0.05, 0.1) is 0 Å². The van der Waals surface area contributed by atoms with Gasteiger partial charge in [-0.3, -0.25) is 9.59 Å². The second kappa shape index (κ2) is 6.05. The average Bonchev–Trinajstić information content (AvgIpc) is 2.96. The summed E-state index contributed by atoms with van der Waals surface area (Å²) >= 11 is 0. The van der Waals surface area contributed by atoms with E-state index >= 15 is 8.78 Å². The Labute approximate surface area is 168 Å². The van der Waals surface area contributed by atoms with Gasteiger partial charge in [0.25, 0.3) is 0 Å². The number of carbonyl (C=O) groups is 2. The van der Waals surface area contributed by atoms with Gasteiger partial charge in [-0.1, -0.05) is 20.8 Å². The number of allylic oxidation sites excluding steroid dienone is 3. The first-order chi connectivity index (χ1) is 13.4. The first-order valence-corrected chi connectivity index (χ1v) is 10.3. The minimum atomic E-state index is -1.94. The fraction of sp³-hybridized carbons (Fsp3) is 0.727. The van der Waals surface area contributed by atoms with E-state index in [1.54, 1.807) is 20.8 Å². The van der Waals surface area contributed by atoms with Crippen molar-refractivity contribution in [1.82, 2.24) is 0 Å². The summed E-state index contributed by atoms with van der Waals surface area (Å²) in [4.78, 5) is 24.5. The van der Waals surface area contributed by atoms with Crippen molar-refractivity contribution in [1.29, 1.82) is 0 Å². The van der Waals surface area contributed by atoms with Crippen LogP contribution in [-0.4, -0.2) is 50.9 Å². The molecular weight excluding hydrogens is 382 g/mol. The SMILES string of the molecule is CC1C(O)C(=O)C=C2C(F)=C[C@H]3[C@@H]4CC[C@](O)(C(=O)CO)[C@@]4(C)CC[C@]3(F)[C@]21C. The Bertz CT molecular complexity index is 852. The maximum atomic E-state index is 16.9. The van der Waals surface area contributed by atoms with E-state index in [4.69, 9.17) is 0 Å². The Morgan fingerprint density at radius 3 is 2.55 bits per heavy atom. The van der Waals surface area contributed by atoms with Gasteiger partial charge in [0.2, 0.25) is 0 Å². The van der Waals surface area contributed by atoms with Crippen LogP contribution in [0.15, 0.2) is 23.6 Å². The molecule has 0 aromatic carbocycles. The molecule has 2 saturated carbocycles. The molecule has 2 fully saturated rings. The molecule has 0 aliphatic heterocycles. The summed E-state index contributed by atoms with van der Waals surface area (Å²) in [5, 5.41) is 30.8. The Hall–Kier alpha value is -1.44. The van der Waals surface area contributed by atoms with Crippen LogP contribution in [0.5, 0.6) is 0 Å². The summed E-state index contributed by atoms with van der Waals surface area (Å²) in [6.07, 6.45) is 1.38. The van der Waals surface area contributed by atoms with Gasteiger partial charge in [-0.2, -0.15) is 0 Å². The van der Waals surface area contributed by atoms with Crippen LogP contribution >= 0.6 is 0 Å². The molecule has 0 spiro atoms. The third kappa shape index (κ3) is 2.19. The lowest BCUT2D eigenvalue weighted by Crippen LogP contribution is -2.66. The molecule has 8 atom stereocenters. The molecule has 2 unspecified atom stereocenters. The highest BCUT2D eigenvalue weighted by molar-refractivity contribution is 5.96. The number of fused-ring (bicyclic) bond motifs is 5. The van der Waals surface area contributed by atoms with Gasteiger partial charge in [0.15, 0.2) is 11.6 Å². The lowest BCUT2D eigenvalue weighted by molar-refractivity contribution is -0.182. The molecule has 0 heterocycles. The zero-order chi connectivity index (χ0) is 21.6. The normalized spacial score (nSPS) is 51.5. The standard InChI is InChI=1S/C22H28F2O5/c1-11-18(28)16(26)9-14-15(23)8-13-12-4-5-22(29,17(27)10-25)19(12,2)6-7-21(13,24)20(11,14)3/h8-9,11-13,18,25,28-29H,4-7,10H2,1-3H3/t11?,12-,13-,18?,19-,20-,21+,22-/m0/s1. The van der Waals surface area contributed by atoms with E-state index in [0.717, 1.165) is 6.08 Å². The van der Waals surface area contributed by atoms with E-state index < -0.39 is 70.0 Å².